The van der Waals surface area contributed by atoms with Gasteiger partial charge in [-0.15, -0.1) is 0 Å². The van der Waals surface area contributed by atoms with Gasteiger partial charge in [-0.05, 0) is 31.6 Å². The molecule has 0 amide bonds. The van der Waals surface area contributed by atoms with Crippen molar-refractivity contribution in [1.29, 1.82) is 0 Å². The molecule has 6 atom stereocenters. The summed E-state index contributed by atoms with van der Waals surface area (Å²) in [6.07, 6.45) is 34.9. The molecule has 0 bridgehead atoms. The number of phosphoric ester groups is 2. The van der Waals surface area contributed by atoms with Crippen LogP contribution in [-0.2, 0) is 65.4 Å². The summed E-state index contributed by atoms with van der Waals surface area (Å²) in [7, 11) is -9.87. The maximum absolute atomic E-state index is 12.9. The molecular weight excluding hydrogens is 1040 g/mol. The fourth-order valence-corrected chi connectivity index (χ4v) is 10.2. The van der Waals surface area contributed by atoms with E-state index in [1.54, 1.807) is 0 Å². The van der Waals surface area contributed by atoms with Crippen molar-refractivity contribution in [1.82, 2.24) is 0 Å². The Morgan fingerprint density at radius 2 is 0.615 bits per heavy atom. The quantitative estimate of drug-likeness (QED) is 0.0222. The molecule has 0 spiro atoms. The molecule has 0 saturated heterocycles. The molecule has 19 heteroatoms. The first kappa shape index (κ1) is 76.1. The van der Waals surface area contributed by atoms with Crippen LogP contribution in [0.2, 0.25) is 0 Å². The lowest BCUT2D eigenvalue weighted by Gasteiger charge is -2.21. The Labute approximate surface area is 473 Å². The van der Waals surface area contributed by atoms with Crippen LogP contribution in [0.1, 0.15) is 291 Å². The van der Waals surface area contributed by atoms with E-state index in [0.29, 0.717) is 25.7 Å². The number of ether oxygens (including phenoxy) is 4. The van der Waals surface area contributed by atoms with E-state index in [2.05, 4.69) is 34.6 Å². The molecule has 0 aliphatic heterocycles. The average Bonchev–Trinajstić information content (AvgIpc) is 3.41. The van der Waals surface area contributed by atoms with Gasteiger partial charge in [-0.2, -0.15) is 0 Å². The Morgan fingerprint density at radius 1 is 0.359 bits per heavy atom. The third-order valence-electron chi connectivity index (χ3n) is 13.9. The fraction of sp³-hybridized carbons (Fsp3) is 0.932. The minimum atomic E-state index is -4.94. The van der Waals surface area contributed by atoms with E-state index in [1.807, 2.05) is 0 Å². The molecule has 0 saturated carbocycles. The molecule has 0 aliphatic rings. The Bertz CT molecular complexity index is 1540. The summed E-state index contributed by atoms with van der Waals surface area (Å²) in [5, 5.41) is 10.5. The molecule has 78 heavy (non-hydrogen) atoms. The summed E-state index contributed by atoms with van der Waals surface area (Å²) in [6, 6.07) is 0. The van der Waals surface area contributed by atoms with Crippen molar-refractivity contribution in [2.75, 3.05) is 39.6 Å². The van der Waals surface area contributed by atoms with Gasteiger partial charge in [0.05, 0.1) is 26.4 Å². The Morgan fingerprint density at radius 3 is 0.910 bits per heavy atom. The highest BCUT2D eigenvalue weighted by atomic mass is 31.2. The number of unbranched alkanes of at least 4 members (excludes halogenated alkanes) is 30. The minimum Gasteiger partial charge on any atom is -0.462 e. The Kier molecular flexibility index (Phi) is 51.8. The van der Waals surface area contributed by atoms with Crippen LogP contribution in [0, 0.1) is 5.92 Å². The zero-order chi connectivity index (χ0) is 57.8. The molecule has 17 nitrogen and oxygen atoms in total. The van der Waals surface area contributed by atoms with Crippen molar-refractivity contribution in [2.24, 2.45) is 5.92 Å². The molecule has 3 unspecified atom stereocenters. The molecule has 0 radical (unpaired) electrons. The molecule has 0 aromatic heterocycles. The van der Waals surface area contributed by atoms with Gasteiger partial charge in [0.2, 0.25) is 0 Å². The number of rotatable bonds is 59. The maximum atomic E-state index is 12.9. The van der Waals surface area contributed by atoms with Crippen LogP contribution in [0.4, 0.5) is 0 Å². The van der Waals surface area contributed by atoms with Gasteiger partial charge >= 0.3 is 39.5 Å². The lowest BCUT2D eigenvalue weighted by Crippen LogP contribution is -2.30. The topological polar surface area (TPSA) is 237 Å². The number of hydrogen-bond acceptors (Lipinski definition) is 15. The maximum Gasteiger partial charge on any atom is 0.472 e. The zero-order valence-electron chi connectivity index (χ0n) is 49.8. The first-order chi connectivity index (χ1) is 37.6. The summed E-state index contributed by atoms with van der Waals surface area (Å²) < 4.78 is 67.6. The Balaban J connectivity index is 5.22. The number of carbonyl (C=O) groups is 4. The molecule has 462 valence electrons. The number of phosphoric acid groups is 2. The van der Waals surface area contributed by atoms with Crippen LogP contribution in [0.25, 0.3) is 0 Å². The second-order valence-corrected chi connectivity index (χ2v) is 24.5. The van der Waals surface area contributed by atoms with Crippen molar-refractivity contribution >= 4 is 39.5 Å². The van der Waals surface area contributed by atoms with Gasteiger partial charge in [0.1, 0.15) is 19.3 Å². The molecule has 0 heterocycles. The van der Waals surface area contributed by atoms with Crippen LogP contribution >= 0.6 is 15.6 Å². The fourth-order valence-electron chi connectivity index (χ4n) is 8.67. The van der Waals surface area contributed by atoms with E-state index < -0.39 is 97.5 Å². The first-order valence-electron chi connectivity index (χ1n) is 31.2. The van der Waals surface area contributed by atoms with Gasteiger partial charge in [-0.1, -0.05) is 240 Å². The predicted molar refractivity (Wildman–Crippen MR) is 308 cm³/mol. The number of aliphatic hydroxyl groups is 1. The number of hydrogen-bond donors (Lipinski definition) is 3. The van der Waals surface area contributed by atoms with Gasteiger partial charge in [-0.3, -0.25) is 37.3 Å². The molecule has 0 rings (SSSR count). The third kappa shape index (κ3) is 52.2. The molecular formula is C59H114O17P2. The van der Waals surface area contributed by atoms with Crippen molar-refractivity contribution in [3.05, 3.63) is 0 Å². The van der Waals surface area contributed by atoms with E-state index in [0.717, 1.165) is 115 Å². The van der Waals surface area contributed by atoms with Crippen LogP contribution in [0.3, 0.4) is 0 Å². The van der Waals surface area contributed by atoms with Crippen LogP contribution < -0.4 is 0 Å². The van der Waals surface area contributed by atoms with Crippen LogP contribution in [0.5, 0.6) is 0 Å². The predicted octanol–water partition coefficient (Wildman–Crippen LogP) is 15.8. The summed E-state index contributed by atoms with van der Waals surface area (Å²) in [4.78, 5) is 71.8. The molecule has 0 aromatic carbocycles. The Hall–Kier alpha value is -1.94. The summed E-state index contributed by atoms with van der Waals surface area (Å²) in [5.74, 6) is -1.41. The van der Waals surface area contributed by atoms with E-state index >= 15 is 0 Å². The van der Waals surface area contributed by atoms with E-state index in [4.69, 9.17) is 37.0 Å². The molecule has 3 N–H and O–H groups in total. The highest BCUT2D eigenvalue weighted by Crippen LogP contribution is 2.45. The number of esters is 4. The highest BCUT2D eigenvalue weighted by molar-refractivity contribution is 7.47. The van der Waals surface area contributed by atoms with E-state index in [9.17, 15) is 43.2 Å². The van der Waals surface area contributed by atoms with Crippen molar-refractivity contribution < 1.29 is 80.2 Å². The highest BCUT2D eigenvalue weighted by Gasteiger charge is 2.30. The summed E-state index contributed by atoms with van der Waals surface area (Å²) in [5.41, 5.74) is 0. The van der Waals surface area contributed by atoms with Gasteiger partial charge in [0, 0.05) is 25.7 Å². The van der Waals surface area contributed by atoms with Gasteiger partial charge in [-0.25, -0.2) is 9.13 Å². The van der Waals surface area contributed by atoms with Crippen molar-refractivity contribution in [2.45, 2.75) is 310 Å². The van der Waals surface area contributed by atoms with Crippen LogP contribution in [0.15, 0.2) is 0 Å². The summed E-state index contributed by atoms with van der Waals surface area (Å²) >= 11 is 0. The average molecular weight is 1160 g/mol. The lowest BCUT2D eigenvalue weighted by atomic mass is 10.00. The van der Waals surface area contributed by atoms with Gasteiger partial charge in [0.15, 0.2) is 12.2 Å². The van der Waals surface area contributed by atoms with Gasteiger partial charge in [0.25, 0.3) is 0 Å². The standard InChI is InChI=1S/C59H114O17P2/c1-6-10-13-16-19-21-22-23-25-28-35-40-45-59(64)76-55(49-70-57(62)43-38-33-30-29-31-36-41-52(5)9-4)51-74-78(67,68)72-47-53(60)46-71-77(65,66)73-50-54(48-69-56(61)42-37-32-26-18-15-12-8-3)75-58(63)44-39-34-27-24-20-17-14-11-7-2/h52-55,60H,6-51H2,1-5H3,(H,65,66)(H,67,68)/t52?,53-,54+,55+/m0/s1. The second kappa shape index (κ2) is 53.1. The van der Waals surface area contributed by atoms with Crippen molar-refractivity contribution in [3.63, 3.8) is 0 Å². The third-order valence-corrected chi connectivity index (χ3v) is 15.8. The molecule has 0 aliphatic carbocycles. The first-order valence-corrected chi connectivity index (χ1v) is 34.2. The largest absolute Gasteiger partial charge is 0.472 e. The minimum absolute atomic E-state index is 0.105. The monoisotopic (exact) mass is 1160 g/mol. The number of carbonyl (C=O) groups excluding carboxylic acids is 4. The smallest absolute Gasteiger partial charge is 0.462 e. The molecule has 0 aromatic rings. The summed E-state index contributed by atoms with van der Waals surface area (Å²) in [6.45, 7) is 7.06. The number of aliphatic hydroxyl groups excluding tert-OH is 1. The second-order valence-electron chi connectivity index (χ2n) is 21.6. The van der Waals surface area contributed by atoms with Gasteiger partial charge < -0.3 is 33.8 Å². The van der Waals surface area contributed by atoms with E-state index in [1.165, 1.54) is 96.3 Å². The molecule has 0 fully saturated rings. The van der Waals surface area contributed by atoms with E-state index in [-0.39, 0.29) is 25.7 Å². The normalized spacial score (nSPS) is 14.7. The van der Waals surface area contributed by atoms with Crippen LogP contribution in [-0.4, -0.2) is 96.7 Å². The lowest BCUT2D eigenvalue weighted by molar-refractivity contribution is -0.161. The van der Waals surface area contributed by atoms with Crippen molar-refractivity contribution in [3.8, 4) is 0 Å². The SMILES string of the molecule is CCCCCCCCCCCCCCC(=O)O[C@H](COC(=O)CCCCCCCCC(C)CC)COP(=O)(O)OC[C@@H](O)COP(=O)(O)OC[C@@H](COC(=O)CCCCCCCCC)OC(=O)CCCCCCCCCCC. The zero-order valence-corrected chi connectivity index (χ0v) is 51.6.